The Balaban J connectivity index is 6.08. The molecule has 0 aromatic carbocycles. The lowest BCUT2D eigenvalue weighted by atomic mass is 11.0. The summed E-state index contributed by atoms with van der Waals surface area (Å²) in [5.41, 5.74) is 0. The van der Waals surface area contributed by atoms with Gasteiger partial charge in [0.1, 0.15) is 24.3 Å². The Hall–Kier alpha value is -0.240. The van der Waals surface area contributed by atoms with Gasteiger partial charge in [0, 0.05) is 0 Å². The Kier molecular flexibility index (Phi) is 1.75. The maximum Gasteiger partial charge on any atom is 0.111 e. The van der Waals surface area contributed by atoms with Crippen LogP contribution in [0.4, 0.5) is 0 Å². The molecular formula is C6H14O6. The molecule has 12 heavy (non-hydrogen) atoms. The first-order valence-electron chi connectivity index (χ1n) is 6.59. The van der Waals surface area contributed by atoms with E-state index < -0.39 is 37.4 Å². The third-order valence-corrected chi connectivity index (χ3v) is 0.885. The number of hydrogen-bond donors (Lipinski definition) is 6. The normalized spacial score (nSPS) is 44.2. The highest BCUT2D eigenvalue weighted by Gasteiger charge is 2.29. The summed E-state index contributed by atoms with van der Waals surface area (Å²) in [6.45, 7) is -8.23. The van der Waals surface area contributed by atoms with Crippen LogP contribution >= 0.6 is 0 Å². The van der Waals surface area contributed by atoms with Gasteiger partial charge in [-0.25, -0.2) is 0 Å². The van der Waals surface area contributed by atoms with E-state index in [1.165, 1.54) is 0 Å². The van der Waals surface area contributed by atoms with Gasteiger partial charge in [-0.05, 0) is 0 Å². The van der Waals surface area contributed by atoms with Gasteiger partial charge in [-0.3, -0.25) is 0 Å². The molecule has 0 saturated carbocycles. The molecule has 6 N–H and O–H groups in total. The Morgan fingerprint density at radius 2 is 1.17 bits per heavy atom. The van der Waals surface area contributed by atoms with E-state index in [4.69, 9.17) is 21.2 Å². The lowest BCUT2D eigenvalue weighted by molar-refractivity contribution is -0.123. The van der Waals surface area contributed by atoms with E-state index in [1.54, 1.807) is 0 Å². The van der Waals surface area contributed by atoms with Crippen molar-refractivity contribution >= 4 is 0 Å². The van der Waals surface area contributed by atoms with E-state index in [2.05, 4.69) is 0 Å². The zero-order valence-electron chi connectivity index (χ0n) is 13.7. The van der Waals surface area contributed by atoms with Crippen molar-refractivity contribution in [3.8, 4) is 0 Å². The van der Waals surface area contributed by atoms with Crippen LogP contribution in [0.25, 0.3) is 0 Å². The second-order valence-corrected chi connectivity index (χ2v) is 1.62. The van der Waals surface area contributed by atoms with Gasteiger partial charge in [0.2, 0.25) is 0 Å². The zero-order valence-corrected chi connectivity index (χ0v) is 5.68. The van der Waals surface area contributed by atoms with Crippen molar-refractivity contribution in [1.82, 2.24) is 0 Å². The van der Waals surface area contributed by atoms with E-state index in [1.807, 2.05) is 0 Å². The summed E-state index contributed by atoms with van der Waals surface area (Å²) in [4.78, 5) is 0. The fourth-order valence-electron chi connectivity index (χ4n) is 0.330. The van der Waals surface area contributed by atoms with Crippen LogP contribution in [-0.4, -0.2) is 68.1 Å². The predicted molar refractivity (Wildman–Crippen MR) is 38.2 cm³/mol. The minimum atomic E-state index is -4.55. The van der Waals surface area contributed by atoms with Crippen LogP contribution < -0.4 is 0 Å². The molecule has 0 heterocycles. The molecule has 0 unspecified atom stereocenters. The molecule has 0 fully saturated rings. The average Bonchev–Trinajstić information content (AvgIpc) is 2.12. The molecule has 4 atom stereocenters. The molecule has 0 spiro atoms. The number of hydrogen-bond acceptors (Lipinski definition) is 6. The molecule has 0 bridgehead atoms. The van der Waals surface area contributed by atoms with Gasteiger partial charge in [0.05, 0.1) is 24.1 Å². The quantitative estimate of drug-likeness (QED) is 0.253. The van der Waals surface area contributed by atoms with Gasteiger partial charge in [0.25, 0.3) is 0 Å². The molecule has 0 amide bonds. The topological polar surface area (TPSA) is 121 Å². The summed E-state index contributed by atoms with van der Waals surface area (Å²) >= 11 is 0. The summed E-state index contributed by atoms with van der Waals surface area (Å²) in [6, 6.07) is 0. The predicted octanol–water partition coefficient (Wildman–Crippen LogP) is -3.59. The largest absolute Gasteiger partial charge is 0.394 e. The molecule has 0 aromatic rings. The Morgan fingerprint density at radius 3 is 1.33 bits per heavy atom. The van der Waals surface area contributed by atoms with Crippen molar-refractivity contribution in [2.75, 3.05) is 13.1 Å². The minimum absolute atomic E-state index is 4.11. The average molecular weight is 196 g/mol. The second kappa shape index (κ2) is 5.41. The van der Waals surface area contributed by atoms with Gasteiger partial charge in [-0.15, -0.1) is 0 Å². The summed E-state index contributed by atoms with van der Waals surface area (Å²) in [5.74, 6) is 0. The molecule has 6 heteroatoms. The third kappa shape index (κ3) is 3.02. The summed E-state index contributed by atoms with van der Waals surface area (Å²) < 4.78 is 54.5. The smallest absolute Gasteiger partial charge is 0.111 e. The maximum atomic E-state index is 9.44. The summed E-state index contributed by atoms with van der Waals surface area (Å²) in [7, 11) is 0. The fourth-order valence-corrected chi connectivity index (χ4v) is 0.330. The zero-order chi connectivity index (χ0) is 17.0. The highest BCUT2D eigenvalue weighted by atomic mass is 16.6. The minimum Gasteiger partial charge on any atom is -0.394 e. The molecule has 0 aliphatic rings. The summed E-state index contributed by atoms with van der Waals surface area (Å²) in [5, 5.41) is 55.1. The molecule has 0 rings (SSSR count). The second-order valence-electron chi connectivity index (χ2n) is 1.62. The molecule has 0 saturated heterocycles. The first kappa shape index (κ1) is 3.87. The molecule has 0 radical (unpaired) electrons. The summed E-state index contributed by atoms with van der Waals surface area (Å²) in [6.07, 6.45) is -17.9. The van der Waals surface area contributed by atoms with Crippen molar-refractivity contribution in [2.45, 2.75) is 24.3 Å². The standard InChI is InChI=1S/C6H14O6/c7-1-3(9)5(11)6(12)4(10)2-8/h3-12H,1-2H2/t3-,4-,5-,6-/m1/s1/i1+1D2,2+1D2,3+1D,4+1D,5+1D,6+1D. The highest BCUT2D eigenvalue weighted by Crippen LogP contribution is 2.03. The molecule has 0 aliphatic carbocycles. The van der Waals surface area contributed by atoms with Gasteiger partial charge < -0.3 is 30.6 Å². The number of rotatable bonds is 5. The van der Waals surface area contributed by atoms with Crippen molar-refractivity contribution in [2.24, 2.45) is 0 Å². The van der Waals surface area contributed by atoms with E-state index >= 15 is 0 Å². The van der Waals surface area contributed by atoms with Crippen LogP contribution in [-0.2, 0) is 0 Å². The van der Waals surface area contributed by atoms with Crippen LogP contribution in [0.15, 0.2) is 0 Å². The van der Waals surface area contributed by atoms with E-state index in [-0.39, 0.29) is 0 Å². The Morgan fingerprint density at radius 1 is 0.917 bits per heavy atom. The van der Waals surface area contributed by atoms with E-state index in [9.17, 15) is 20.4 Å². The molecule has 6 nitrogen and oxygen atoms in total. The first-order chi connectivity index (χ1) is 8.25. The Labute approximate surface area is 80.6 Å². The van der Waals surface area contributed by atoms with Crippen LogP contribution in [0.3, 0.4) is 0 Å². The monoisotopic (exact) mass is 196 g/mol. The lowest BCUT2D eigenvalue weighted by Crippen LogP contribution is -2.46. The molecule has 0 aromatic heterocycles. The van der Waals surface area contributed by atoms with Crippen molar-refractivity contribution in [3.05, 3.63) is 0 Å². The van der Waals surface area contributed by atoms with E-state index in [0.29, 0.717) is 0 Å². The molecule has 0 aliphatic heterocycles. The van der Waals surface area contributed by atoms with Crippen LogP contribution in [0.1, 0.15) is 11.0 Å². The van der Waals surface area contributed by atoms with Crippen molar-refractivity contribution in [3.63, 3.8) is 0 Å². The highest BCUT2D eigenvalue weighted by molar-refractivity contribution is 4.79. The Bertz CT molecular complexity index is 333. The van der Waals surface area contributed by atoms with E-state index in [0.717, 1.165) is 0 Å². The maximum absolute atomic E-state index is 9.44. The van der Waals surface area contributed by atoms with Crippen LogP contribution in [0, 0.1) is 0 Å². The van der Waals surface area contributed by atoms with Gasteiger partial charge in [-0.1, -0.05) is 0 Å². The van der Waals surface area contributed by atoms with Gasteiger partial charge in [0.15, 0.2) is 0 Å². The van der Waals surface area contributed by atoms with Gasteiger partial charge in [-0.2, -0.15) is 0 Å². The SMILES string of the molecule is [2H][13C]([2H])(O)[13C@@]([2H])(O)[13C@@]([2H])(O)[13C@]([2H])(O)[13C@]([2H])(O)[13C]([2H])([2H])O. The van der Waals surface area contributed by atoms with Crippen LogP contribution in [0.2, 0.25) is 0 Å². The van der Waals surface area contributed by atoms with Crippen molar-refractivity contribution < 1.29 is 41.6 Å². The fraction of sp³-hybridized carbons (Fsp3) is 1.00. The first-order valence-corrected chi connectivity index (χ1v) is 2.59. The van der Waals surface area contributed by atoms with Crippen molar-refractivity contribution in [1.29, 1.82) is 0 Å². The molecular weight excluding hydrogens is 174 g/mol. The van der Waals surface area contributed by atoms with Crippen LogP contribution in [0.5, 0.6) is 0 Å². The molecule has 74 valence electrons. The number of aliphatic hydroxyl groups is 6. The lowest BCUT2D eigenvalue weighted by Gasteiger charge is -2.24. The third-order valence-electron chi connectivity index (χ3n) is 0.885. The van der Waals surface area contributed by atoms with Gasteiger partial charge >= 0.3 is 0 Å².